The minimum atomic E-state index is -1.21. The largest absolute Gasteiger partial charge is 1.00 e. The zero-order chi connectivity index (χ0) is 7.70. The Bertz CT molecular complexity index is 73.1. The molecule has 0 heterocycles. The molecule has 0 saturated heterocycles. The molecule has 0 rings (SSSR count). The van der Waals surface area contributed by atoms with Crippen LogP contribution < -0.4 is 69.5 Å². The van der Waals surface area contributed by atoms with Crippen LogP contribution in [0.2, 0.25) is 0 Å². The molecule has 0 aliphatic heterocycles. The molecule has 0 saturated carbocycles. The Labute approximate surface area is 110 Å². The summed E-state index contributed by atoms with van der Waals surface area (Å²) in [6.45, 7) is -0.621. The van der Waals surface area contributed by atoms with Gasteiger partial charge in [-0.05, 0) is 0 Å². The number of carboxylic acid groups (broad SMARTS) is 1. The summed E-state index contributed by atoms with van der Waals surface area (Å²) in [5, 5.41) is 26.3. The van der Waals surface area contributed by atoms with Gasteiger partial charge in [-0.25, -0.2) is 7.11 Å². The van der Waals surface area contributed by atoms with E-state index < -0.39 is 5.97 Å². The number of carbonyl (C=O) groups excluding carboxylic acids is 1. The molecule has 0 unspecified atom stereocenters. The molecule has 11 heavy (non-hydrogen) atoms. The van der Waals surface area contributed by atoms with Gasteiger partial charge in [-0.1, -0.05) is 0 Å². The summed E-state index contributed by atoms with van der Waals surface area (Å²) < 4.78 is 0. The Morgan fingerprint density at radius 3 is 1.91 bits per heavy atom. The van der Waals surface area contributed by atoms with E-state index in [4.69, 9.17) is 10.2 Å². The number of nitrogens with one attached hydrogen (secondary N) is 1. The second-order valence-corrected chi connectivity index (χ2v) is 0.957. The molecule has 0 spiro atoms. The first-order valence-electron chi connectivity index (χ1n) is 2.10. The van der Waals surface area contributed by atoms with E-state index in [1.54, 1.807) is 0 Å². The first kappa shape index (κ1) is 22.8. The summed E-state index contributed by atoms with van der Waals surface area (Å²) in [6.07, 6.45) is 0. The third-order valence-corrected chi connectivity index (χ3v) is 0.381. The van der Waals surface area contributed by atoms with Gasteiger partial charge >= 0.3 is 59.1 Å². The molecule has 0 aromatic rings. The van der Waals surface area contributed by atoms with Gasteiger partial charge in [0.15, 0.2) is 0 Å². The maximum Gasteiger partial charge on any atom is 1.00 e. The number of aliphatic hydroxyl groups excluding tert-OH is 2. The molecule has 0 aromatic heterocycles. The minimum Gasteiger partial charge on any atom is -0.569 e. The van der Waals surface area contributed by atoms with Gasteiger partial charge in [0.25, 0.3) is 0 Å². The van der Waals surface area contributed by atoms with E-state index in [0.29, 0.717) is 0 Å². The topological polar surface area (TPSA) is 92.6 Å². The van der Waals surface area contributed by atoms with Crippen LogP contribution in [0.25, 0.3) is 0 Å². The first-order valence-corrected chi connectivity index (χ1v) is 2.10. The van der Waals surface area contributed by atoms with Crippen molar-refractivity contribution >= 4 is 5.97 Å². The third-order valence-electron chi connectivity index (χ3n) is 0.381. The van der Waals surface area contributed by atoms with Crippen LogP contribution in [-0.4, -0.2) is 29.5 Å². The van der Waals surface area contributed by atoms with Crippen LogP contribution in [0.5, 0.6) is 0 Å². The summed E-state index contributed by atoms with van der Waals surface area (Å²) in [4.78, 5) is 9.47. The van der Waals surface area contributed by atoms with Crippen molar-refractivity contribution in [3.63, 3.8) is 0 Å². The molecule has 5 nitrogen and oxygen atoms in total. The molecule has 7 heteroatoms. The normalized spacial score (nSPS) is 6.09. The summed E-state index contributed by atoms with van der Waals surface area (Å²) in [5.41, 5.74) is 0. The minimum absolute atomic E-state index is 0. The van der Waals surface area contributed by atoms with Crippen molar-refractivity contribution in [2.75, 3.05) is 13.3 Å². The molecule has 0 bridgehead atoms. The standard InChI is InChI=1S/C3H7NO3.CH3O.2Na/c5-2-4-1-3(6)7;1-2;;/h4-5H,1-2H2,(H,6,7);2H,1H2;;/q;-1;2*+1/p-1. The van der Waals surface area contributed by atoms with Crippen LogP contribution in [-0.2, 0) is 4.79 Å². The van der Waals surface area contributed by atoms with Crippen LogP contribution in [0.1, 0.15) is 0 Å². The zero-order valence-corrected chi connectivity index (χ0v) is 10.8. The summed E-state index contributed by atoms with van der Waals surface area (Å²) >= 11 is 0. The molecule has 0 radical (unpaired) electrons. The predicted octanol–water partition coefficient (Wildman–Crippen LogP) is -8.57. The molecule has 0 atom stereocenters. The number of aliphatic hydroxyl groups is 2. The Morgan fingerprint density at radius 2 is 1.82 bits per heavy atom. The monoisotopic (exact) mass is 181 g/mol. The summed E-state index contributed by atoms with van der Waals surface area (Å²) in [7, 11) is 2.25. The first-order chi connectivity index (χ1) is 4.27. The van der Waals surface area contributed by atoms with Crippen molar-refractivity contribution in [1.29, 1.82) is 0 Å². The number of carboxylic acids is 1. The van der Waals surface area contributed by atoms with Crippen molar-refractivity contribution in [3.05, 3.63) is 7.11 Å². The fourth-order valence-corrected chi connectivity index (χ4v) is 0.158. The zero-order valence-electron chi connectivity index (χ0n) is 6.83. The Morgan fingerprint density at radius 1 is 1.45 bits per heavy atom. The van der Waals surface area contributed by atoms with Crippen LogP contribution in [0.15, 0.2) is 0 Å². The maximum absolute atomic E-state index is 9.47. The van der Waals surface area contributed by atoms with Crippen molar-refractivity contribution in [3.8, 4) is 0 Å². The maximum atomic E-state index is 9.47. The van der Waals surface area contributed by atoms with Gasteiger partial charge in [-0.3, -0.25) is 5.32 Å². The Kier molecular flexibility index (Phi) is 46.7. The summed E-state index contributed by atoms with van der Waals surface area (Å²) in [6, 6.07) is 0. The van der Waals surface area contributed by atoms with E-state index in [-0.39, 0.29) is 72.4 Å². The Hall–Kier alpha value is 1.35. The molecular weight excluding hydrogens is 172 g/mol. The fourth-order valence-electron chi connectivity index (χ4n) is 0.158. The van der Waals surface area contributed by atoms with E-state index in [2.05, 4.69) is 12.4 Å². The molecule has 3 N–H and O–H groups in total. The number of rotatable bonds is 3. The van der Waals surface area contributed by atoms with E-state index in [1.165, 1.54) is 0 Å². The molecule has 0 aliphatic carbocycles. The molecule has 0 aliphatic rings. The van der Waals surface area contributed by atoms with Gasteiger partial charge < -0.3 is 20.1 Å². The average Bonchev–Trinajstić information content (AvgIpc) is 1.88. The van der Waals surface area contributed by atoms with Crippen molar-refractivity contribution in [1.82, 2.24) is 5.32 Å². The van der Waals surface area contributed by atoms with Crippen LogP contribution in [0.4, 0.5) is 0 Å². The van der Waals surface area contributed by atoms with Gasteiger partial charge in [0, 0.05) is 6.54 Å². The Balaban J connectivity index is -0.0000000564. The van der Waals surface area contributed by atoms with E-state index in [0.717, 1.165) is 0 Å². The van der Waals surface area contributed by atoms with E-state index in [1.807, 2.05) is 0 Å². The number of hydrogen-bond donors (Lipinski definition) is 3. The third kappa shape index (κ3) is 34.7. The number of aliphatic carboxylic acids is 1. The van der Waals surface area contributed by atoms with Crippen molar-refractivity contribution in [2.24, 2.45) is 0 Å². The van der Waals surface area contributed by atoms with Gasteiger partial charge in [-0.2, -0.15) is 0 Å². The number of carbonyl (C=O) groups is 1. The van der Waals surface area contributed by atoms with Gasteiger partial charge in [0.1, 0.15) is 0 Å². The average molecular weight is 181 g/mol. The van der Waals surface area contributed by atoms with Crippen LogP contribution in [0, 0.1) is 7.11 Å². The predicted molar refractivity (Wildman–Crippen MR) is 27.4 cm³/mol. The second kappa shape index (κ2) is 22.5. The quantitative estimate of drug-likeness (QED) is 0.228. The van der Waals surface area contributed by atoms with Crippen LogP contribution >= 0.6 is 0 Å². The number of hydrogen-bond acceptors (Lipinski definition) is 5. The van der Waals surface area contributed by atoms with Gasteiger partial charge in [0.05, 0.1) is 12.7 Å². The molecule has 0 aromatic carbocycles. The van der Waals surface area contributed by atoms with E-state index in [9.17, 15) is 9.90 Å². The van der Waals surface area contributed by atoms with E-state index >= 15 is 0 Å². The second-order valence-electron chi connectivity index (χ2n) is 0.957. The smallest absolute Gasteiger partial charge is 0.569 e. The molecule has 0 amide bonds. The molecular formula is C4H9NNa2O4. The van der Waals surface area contributed by atoms with Crippen LogP contribution in [0.3, 0.4) is 0 Å². The van der Waals surface area contributed by atoms with Gasteiger partial charge in [-0.15, -0.1) is 0 Å². The van der Waals surface area contributed by atoms with Crippen molar-refractivity contribution < 1.29 is 79.2 Å². The van der Waals surface area contributed by atoms with Gasteiger partial charge in [0.2, 0.25) is 0 Å². The van der Waals surface area contributed by atoms with Crippen molar-refractivity contribution in [2.45, 2.75) is 0 Å². The molecule has 56 valence electrons. The fraction of sp³-hybridized carbons (Fsp3) is 0.500. The molecule has 0 fully saturated rings. The SMILES string of the molecule is O=C([O-])CNCO.[CH2-]O.[Na+].[Na+]. The summed E-state index contributed by atoms with van der Waals surface area (Å²) in [5.74, 6) is -1.21.